The molecule has 6 heteroatoms. The number of carbonyl (C=O) groups excluding carboxylic acids is 1. The largest absolute Gasteiger partial charge is 0.320 e. The summed E-state index contributed by atoms with van der Waals surface area (Å²) in [6, 6.07) is 7.62. The van der Waals surface area contributed by atoms with Crippen molar-refractivity contribution in [2.75, 3.05) is 5.32 Å². The molecule has 1 amide bonds. The highest BCUT2D eigenvalue weighted by Crippen LogP contribution is 2.25. The van der Waals surface area contributed by atoms with E-state index in [1.165, 1.54) is 0 Å². The molecule has 0 atom stereocenters. The van der Waals surface area contributed by atoms with E-state index in [9.17, 15) is 4.79 Å². The summed E-state index contributed by atoms with van der Waals surface area (Å²) in [5.74, 6) is -0.155. The van der Waals surface area contributed by atoms with Crippen molar-refractivity contribution in [1.82, 2.24) is 9.78 Å². The summed E-state index contributed by atoms with van der Waals surface area (Å²) in [5, 5.41) is 7.17. The Hall–Kier alpha value is -0.890. The van der Waals surface area contributed by atoms with Gasteiger partial charge in [0.05, 0.1) is 11.4 Å². The van der Waals surface area contributed by atoms with Crippen molar-refractivity contribution in [3.8, 4) is 0 Å². The van der Waals surface area contributed by atoms with Crippen LogP contribution >= 0.6 is 38.5 Å². The molecule has 4 nitrogen and oxygen atoms in total. The van der Waals surface area contributed by atoms with Gasteiger partial charge in [0.15, 0.2) is 0 Å². The predicted octanol–water partition coefficient (Wildman–Crippen LogP) is 3.60. The molecule has 0 aliphatic rings. The second-order valence-corrected chi connectivity index (χ2v) is 6.18. The summed E-state index contributed by atoms with van der Waals surface area (Å²) in [4.78, 5) is 12.2. The van der Waals surface area contributed by atoms with Gasteiger partial charge in [0.25, 0.3) is 5.91 Å². The zero-order chi connectivity index (χ0) is 14.0. The van der Waals surface area contributed by atoms with E-state index in [1.54, 1.807) is 11.7 Å². The molecule has 0 spiro atoms. The van der Waals surface area contributed by atoms with Crippen LogP contribution in [0.25, 0.3) is 0 Å². The van der Waals surface area contributed by atoms with Crippen LogP contribution < -0.4 is 5.32 Å². The lowest BCUT2D eigenvalue weighted by Gasteiger charge is -2.07. The number of benzene rings is 1. The lowest BCUT2D eigenvalue weighted by atomic mass is 10.2. The average molecular weight is 434 g/mol. The zero-order valence-electron chi connectivity index (χ0n) is 10.6. The summed E-state index contributed by atoms with van der Waals surface area (Å²) in [6.07, 6.45) is 0.814. The van der Waals surface area contributed by atoms with Gasteiger partial charge >= 0.3 is 0 Å². The van der Waals surface area contributed by atoms with E-state index in [1.807, 2.05) is 31.2 Å². The first-order valence-corrected chi connectivity index (χ1v) is 7.67. The fourth-order valence-electron chi connectivity index (χ4n) is 1.69. The second-order valence-electron chi connectivity index (χ2n) is 4.08. The SMILES string of the molecule is CCc1cc(C(=O)Nc2cc(I)ccc2Br)n(C)n1. The first kappa shape index (κ1) is 14.5. The van der Waals surface area contributed by atoms with Gasteiger partial charge in [-0.25, -0.2) is 0 Å². The van der Waals surface area contributed by atoms with Crippen molar-refractivity contribution in [3.05, 3.63) is 43.7 Å². The van der Waals surface area contributed by atoms with E-state index < -0.39 is 0 Å². The normalized spacial score (nSPS) is 10.5. The molecule has 19 heavy (non-hydrogen) atoms. The maximum Gasteiger partial charge on any atom is 0.273 e. The maximum atomic E-state index is 12.2. The van der Waals surface area contributed by atoms with Crippen molar-refractivity contribution >= 4 is 50.1 Å². The number of aromatic nitrogens is 2. The Bertz CT molecular complexity index is 624. The van der Waals surface area contributed by atoms with Gasteiger partial charge in [0.1, 0.15) is 5.69 Å². The van der Waals surface area contributed by atoms with Crippen LogP contribution in [0.15, 0.2) is 28.7 Å². The van der Waals surface area contributed by atoms with Crippen LogP contribution in [0.5, 0.6) is 0 Å². The molecule has 0 fully saturated rings. The fraction of sp³-hybridized carbons (Fsp3) is 0.231. The van der Waals surface area contributed by atoms with Crippen molar-refractivity contribution in [2.45, 2.75) is 13.3 Å². The van der Waals surface area contributed by atoms with Gasteiger partial charge < -0.3 is 5.32 Å². The van der Waals surface area contributed by atoms with E-state index in [-0.39, 0.29) is 5.91 Å². The molecule has 100 valence electrons. The Balaban J connectivity index is 2.25. The average Bonchev–Trinajstić information content (AvgIpc) is 2.75. The van der Waals surface area contributed by atoms with Crippen molar-refractivity contribution in [3.63, 3.8) is 0 Å². The number of nitrogens with one attached hydrogen (secondary N) is 1. The van der Waals surface area contributed by atoms with Gasteiger partial charge in [-0.3, -0.25) is 9.48 Å². The molecule has 1 heterocycles. The number of nitrogens with zero attached hydrogens (tertiary/aromatic N) is 2. The number of carbonyl (C=O) groups is 1. The minimum atomic E-state index is -0.155. The molecule has 2 aromatic rings. The number of aryl methyl sites for hydroxylation is 2. The van der Waals surface area contributed by atoms with Crippen LogP contribution in [-0.2, 0) is 13.5 Å². The molecular weight excluding hydrogens is 421 g/mol. The van der Waals surface area contributed by atoms with Crippen LogP contribution in [0.1, 0.15) is 23.1 Å². The topological polar surface area (TPSA) is 46.9 Å². The Morgan fingerprint density at radius 2 is 2.21 bits per heavy atom. The minimum Gasteiger partial charge on any atom is -0.320 e. The number of anilines is 1. The molecule has 0 aliphatic heterocycles. The van der Waals surface area contributed by atoms with Gasteiger partial charge in [-0.15, -0.1) is 0 Å². The zero-order valence-corrected chi connectivity index (χ0v) is 14.3. The van der Waals surface area contributed by atoms with Crippen LogP contribution in [-0.4, -0.2) is 15.7 Å². The van der Waals surface area contributed by atoms with Gasteiger partial charge in [-0.05, 0) is 69.2 Å². The minimum absolute atomic E-state index is 0.155. The predicted molar refractivity (Wildman–Crippen MR) is 87.4 cm³/mol. The number of hydrogen-bond acceptors (Lipinski definition) is 2. The van der Waals surface area contributed by atoms with Crippen molar-refractivity contribution in [2.24, 2.45) is 7.05 Å². The third-order valence-corrected chi connectivity index (χ3v) is 4.06. The van der Waals surface area contributed by atoms with E-state index in [0.717, 1.165) is 25.8 Å². The Kier molecular flexibility index (Phi) is 4.62. The smallest absolute Gasteiger partial charge is 0.273 e. The van der Waals surface area contributed by atoms with Crippen LogP contribution in [0, 0.1) is 3.57 Å². The molecule has 1 aromatic heterocycles. The first-order chi connectivity index (χ1) is 9.01. The molecule has 1 N–H and O–H groups in total. The second kappa shape index (κ2) is 6.04. The maximum absolute atomic E-state index is 12.2. The van der Waals surface area contributed by atoms with Crippen LogP contribution in [0.4, 0.5) is 5.69 Å². The monoisotopic (exact) mass is 433 g/mol. The number of halogens is 2. The summed E-state index contributed by atoms with van der Waals surface area (Å²) in [5.41, 5.74) is 2.23. The number of hydrogen-bond donors (Lipinski definition) is 1. The molecule has 0 saturated heterocycles. The molecule has 2 rings (SSSR count). The van der Waals surface area contributed by atoms with Gasteiger partial charge in [-0.2, -0.15) is 5.10 Å². The number of rotatable bonds is 3. The summed E-state index contributed by atoms with van der Waals surface area (Å²) < 4.78 is 3.53. The molecule has 0 saturated carbocycles. The highest BCUT2D eigenvalue weighted by atomic mass is 127. The molecular formula is C13H13BrIN3O. The molecule has 0 bridgehead atoms. The van der Waals surface area contributed by atoms with Crippen molar-refractivity contribution < 1.29 is 4.79 Å². The van der Waals surface area contributed by atoms with Gasteiger partial charge in [-0.1, -0.05) is 6.92 Å². The van der Waals surface area contributed by atoms with E-state index in [0.29, 0.717) is 5.69 Å². The highest BCUT2D eigenvalue weighted by molar-refractivity contribution is 14.1. The third kappa shape index (κ3) is 3.36. The lowest BCUT2D eigenvalue weighted by molar-refractivity contribution is 0.101. The van der Waals surface area contributed by atoms with Gasteiger partial charge in [0.2, 0.25) is 0 Å². The van der Waals surface area contributed by atoms with Gasteiger partial charge in [0, 0.05) is 15.1 Å². The van der Waals surface area contributed by atoms with E-state index in [2.05, 4.69) is 48.9 Å². The summed E-state index contributed by atoms with van der Waals surface area (Å²) in [6.45, 7) is 2.01. The van der Waals surface area contributed by atoms with E-state index >= 15 is 0 Å². The third-order valence-electron chi connectivity index (χ3n) is 2.70. The summed E-state index contributed by atoms with van der Waals surface area (Å²) >= 11 is 5.64. The quantitative estimate of drug-likeness (QED) is 0.751. The molecule has 1 aromatic carbocycles. The molecule has 0 aliphatic carbocycles. The molecule has 0 unspecified atom stereocenters. The highest BCUT2D eigenvalue weighted by Gasteiger charge is 2.14. The number of amides is 1. The van der Waals surface area contributed by atoms with E-state index in [4.69, 9.17) is 0 Å². The molecule has 0 radical (unpaired) electrons. The Morgan fingerprint density at radius 3 is 2.84 bits per heavy atom. The van der Waals surface area contributed by atoms with Crippen molar-refractivity contribution in [1.29, 1.82) is 0 Å². The first-order valence-electron chi connectivity index (χ1n) is 5.80. The van der Waals surface area contributed by atoms with Crippen LogP contribution in [0.3, 0.4) is 0 Å². The fourth-order valence-corrected chi connectivity index (χ4v) is 2.53. The lowest BCUT2D eigenvalue weighted by Crippen LogP contribution is -2.16. The van der Waals surface area contributed by atoms with Crippen LogP contribution in [0.2, 0.25) is 0 Å². The Labute approximate surface area is 133 Å². The summed E-state index contributed by atoms with van der Waals surface area (Å²) in [7, 11) is 1.78. The standard InChI is InChI=1S/C13H13BrIN3O/c1-3-9-7-12(18(2)17-9)13(19)16-11-6-8(15)4-5-10(11)14/h4-7H,3H2,1-2H3,(H,16,19). The Morgan fingerprint density at radius 1 is 1.47 bits per heavy atom.